The topological polar surface area (TPSA) is 66.8 Å². The van der Waals surface area contributed by atoms with Crippen molar-refractivity contribution in [3.05, 3.63) is 59.7 Å². The van der Waals surface area contributed by atoms with Crippen LogP contribution in [-0.2, 0) is 9.53 Å². The van der Waals surface area contributed by atoms with Crippen molar-refractivity contribution in [1.82, 2.24) is 4.90 Å². The first-order valence-corrected chi connectivity index (χ1v) is 8.92. The van der Waals surface area contributed by atoms with Crippen molar-refractivity contribution in [2.75, 3.05) is 19.7 Å². The molecule has 2 aliphatic carbocycles. The summed E-state index contributed by atoms with van der Waals surface area (Å²) in [6, 6.07) is 16.5. The van der Waals surface area contributed by atoms with Crippen LogP contribution in [0.2, 0.25) is 0 Å². The largest absolute Gasteiger partial charge is 0.481 e. The number of benzene rings is 2. The van der Waals surface area contributed by atoms with E-state index in [-0.39, 0.29) is 23.3 Å². The Morgan fingerprint density at radius 2 is 1.62 bits per heavy atom. The lowest BCUT2D eigenvalue weighted by atomic mass is 9.94. The van der Waals surface area contributed by atoms with E-state index in [0.717, 1.165) is 0 Å². The molecule has 2 aromatic rings. The highest BCUT2D eigenvalue weighted by atomic mass is 16.6. The lowest BCUT2D eigenvalue weighted by molar-refractivity contribution is -0.140. The minimum atomic E-state index is -0.753. The van der Waals surface area contributed by atoms with Gasteiger partial charge in [-0.1, -0.05) is 48.5 Å². The molecule has 5 nitrogen and oxygen atoms in total. The van der Waals surface area contributed by atoms with Crippen LogP contribution in [0.25, 0.3) is 11.1 Å². The Morgan fingerprint density at radius 3 is 2.15 bits per heavy atom. The maximum atomic E-state index is 12.4. The van der Waals surface area contributed by atoms with Gasteiger partial charge in [0.1, 0.15) is 6.61 Å². The summed E-state index contributed by atoms with van der Waals surface area (Å²) in [5.41, 5.74) is 4.60. The second-order valence-corrected chi connectivity index (χ2v) is 7.62. The van der Waals surface area contributed by atoms with E-state index in [1.807, 2.05) is 24.3 Å². The Hall–Kier alpha value is -2.82. The Morgan fingerprint density at radius 1 is 1.04 bits per heavy atom. The van der Waals surface area contributed by atoms with Gasteiger partial charge in [0.15, 0.2) is 0 Å². The summed E-state index contributed by atoms with van der Waals surface area (Å²) >= 11 is 0. The quantitative estimate of drug-likeness (QED) is 0.923. The molecule has 3 aliphatic rings. The zero-order chi connectivity index (χ0) is 17.9. The molecule has 1 amide bonds. The van der Waals surface area contributed by atoms with E-state index in [9.17, 15) is 9.59 Å². The maximum Gasteiger partial charge on any atom is 0.409 e. The highest BCUT2D eigenvalue weighted by Crippen LogP contribution is 2.58. The van der Waals surface area contributed by atoms with Gasteiger partial charge in [0, 0.05) is 24.4 Å². The first-order valence-electron chi connectivity index (χ1n) is 8.92. The maximum absolute atomic E-state index is 12.4. The number of aliphatic carboxylic acids is 1. The average Bonchev–Trinajstić information content (AvgIpc) is 3.30. The number of carboxylic acids is 1. The number of carbonyl (C=O) groups excluding carboxylic acids is 1. The number of hydrogen-bond acceptors (Lipinski definition) is 3. The van der Waals surface area contributed by atoms with E-state index in [2.05, 4.69) is 24.3 Å². The van der Waals surface area contributed by atoms with Gasteiger partial charge >= 0.3 is 12.1 Å². The molecule has 0 radical (unpaired) electrons. The monoisotopic (exact) mass is 349 g/mol. The molecule has 26 heavy (non-hydrogen) atoms. The van der Waals surface area contributed by atoms with Crippen LogP contribution in [0.5, 0.6) is 0 Å². The van der Waals surface area contributed by atoms with Gasteiger partial charge in [-0.05, 0) is 28.7 Å². The molecule has 0 aromatic heterocycles. The number of ether oxygens (including phenoxy) is 1. The molecule has 1 saturated carbocycles. The molecule has 0 bridgehead atoms. The highest BCUT2D eigenvalue weighted by Gasteiger charge is 2.66. The van der Waals surface area contributed by atoms with Crippen LogP contribution in [-0.4, -0.2) is 41.8 Å². The third-order valence-electron chi connectivity index (χ3n) is 6.09. The molecule has 1 saturated heterocycles. The first-order chi connectivity index (χ1) is 12.6. The Kier molecular flexibility index (Phi) is 3.17. The molecule has 1 atom stereocenters. The summed E-state index contributed by atoms with van der Waals surface area (Å²) in [4.78, 5) is 25.0. The van der Waals surface area contributed by atoms with Gasteiger partial charge in [0.05, 0.1) is 5.92 Å². The SMILES string of the molecule is O=C(O)C1CC12CN(C(=O)OCC1c3ccccc3-c3ccccc31)C2. The van der Waals surface area contributed by atoms with Crippen LogP contribution in [0.15, 0.2) is 48.5 Å². The first kappa shape index (κ1) is 15.4. The molecule has 1 unspecified atom stereocenters. The number of carbonyl (C=O) groups is 2. The number of rotatable bonds is 3. The van der Waals surface area contributed by atoms with Crippen molar-refractivity contribution < 1.29 is 19.4 Å². The molecule has 2 fully saturated rings. The van der Waals surface area contributed by atoms with E-state index in [4.69, 9.17) is 9.84 Å². The number of amides is 1. The van der Waals surface area contributed by atoms with E-state index in [1.54, 1.807) is 4.90 Å². The van der Waals surface area contributed by atoms with Crippen LogP contribution in [0.1, 0.15) is 23.5 Å². The summed E-state index contributed by atoms with van der Waals surface area (Å²) in [6.45, 7) is 1.31. The second-order valence-electron chi connectivity index (χ2n) is 7.62. The Balaban J connectivity index is 1.27. The molecule has 5 rings (SSSR count). The zero-order valence-corrected chi connectivity index (χ0v) is 14.2. The fourth-order valence-corrected chi connectivity index (χ4v) is 4.57. The number of likely N-dealkylation sites (tertiary alicyclic amines) is 1. The lowest BCUT2D eigenvalue weighted by Crippen LogP contribution is -2.53. The van der Waals surface area contributed by atoms with Gasteiger partial charge in [-0.2, -0.15) is 0 Å². The van der Waals surface area contributed by atoms with Crippen LogP contribution in [0, 0.1) is 11.3 Å². The van der Waals surface area contributed by atoms with Gasteiger partial charge in [-0.15, -0.1) is 0 Å². The molecule has 132 valence electrons. The predicted molar refractivity (Wildman–Crippen MR) is 94.8 cm³/mol. The Bertz CT molecular complexity index is 870. The van der Waals surface area contributed by atoms with Crippen LogP contribution < -0.4 is 0 Å². The van der Waals surface area contributed by atoms with Gasteiger partial charge < -0.3 is 14.7 Å². The number of carboxylic acid groups (broad SMARTS) is 1. The number of fused-ring (bicyclic) bond motifs is 3. The van der Waals surface area contributed by atoms with E-state index in [1.165, 1.54) is 22.3 Å². The third kappa shape index (κ3) is 2.16. The Labute approximate surface area is 151 Å². The summed E-state index contributed by atoms with van der Waals surface area (Å²) < 4.78 is 5.60. The third-order valence-corrected chi connectivity index (χ3v) is 6.09. The van der Waals surface area contributed by atoms with Crippen molar-refractivity contribution in [3.63, 3.8) is 0 Å². The van der Waals surface area contributed by atoms with E-state index in [0.29, 0.717) is 26.1 Å². The van der Waals surface area contributed by atoms with Crippen LogP contribution >= 0.6 is 0 Å². The number of nitrogens with zero attached hydrogens (tertiary/aromatic N) is 1. The fourth-order valence-electron chi connectivity index (χ4n) is 4.57. The summed E-state index contributed by atoms with van der Waals surface area (Å²) in [5.74, 6) is -0.994. The molecular weight excluding hydrogens is 330 g/mol. The summed E-state index contributed by atoms with van der Waals surface area (Å²) in [6.07, 6.45) is 0.337. The molecule has 5 heteroatoms. The van der Waals surface area contributed by atoms with Crippen molar-refractivity contribution >= 4 is 12.1 Å². The molecule has 1 N–H and O–H groups in total. The molecule has 1 spiro atoms. The molecule has 2 aromatic carbocycles. The molecular formula is C21H19NO4. The van der Waals surface area contributed by atoms with Gasteiger partial charge in [0.25, 0.3) is 0 Å². The van der Waals surface area contributed by atoms with Crippen molar-refractivity contribution in [2.45, 2.75) is 12.3 Å². The van der Waals surface area contributed by atoms with E-state index < -0.39 is 5.97 Å². The molecule has 1 heterocycles. The number of hydrogen-bond donors (Lipinski definition) is 1. The van der Waals surface area contributed by atoms with Crippen molar-refractivity contribution in [2.24, 2.45) is 11.3 Å². The van der Waals surface area contributed by atoms with Crippen LogP contribution in [0.4, 0.5) is 4.79 Å². The summed E-state index contributed by atoms with van der Waals surface area (Å²) in [7, 11) is 0. The van der Waals surface area contributed by atoms with Crippen molar-refractivity contribution in [3.8, 4) is 11.1 Å². The highest BCUT2D eigenvalue weighted by molar-refractivity contribution is 5.79. The average molecular weight is 349 g/mol. The zero-order valence-electron chi connectivity index (χ0n) is 14.2. The second kappa shape index (κ2) is 5.34. The fraction of sp³-hybridized carbons (Fsp3) is 0.333. The smallest absolute Gasteiger partial charge is 0.409 e. The van der Waals surface area contributed by atoms with Gasteiger partial charge in [-0.3, -0.25) is 4.79 Å². The standard InChI is InChI=1S/C21H19NO4/c23-19(24)18-9-21(18)11-22(12-21)20(25)26-10-17-15-7-3-1-5-13(15)14-6-2-4-8-16(14)17/h1-8,17-18H,9-12H2,(H,23,24). The predicted octanol–water partition coefficient (Wildman–Crippen LogP) is 3.34. The minimum Gasteiger partial charge on any atom is -0.481 e. The van der Waals surface area contributed by atoms with Crippen LogP contribution in [0.3, 0.4) is 0 Å². The minimum absolute atomic E-state index is 0.0503. The normalized spacial score (nSPS) is 21.7. The van der Waals surface area contributed by atoms with Gasteiger partial charge in [-0.25, -0.2) is 4.79 Å². The lowest BCUT2D eigenvalue weighted by Gasteiger charge is -2.39. The van der Waals surface area contributed by atoms with Crippen molar-refractivity contribution in [1.29, 1.82) is 0 Å². The van der Waals surface area contributed by atoms with E-state index >= 15 is 0 Å². The summed E-state index contributed by atoms with van der Waals surface area (Å²) in [5, 5.41) is 9.08. The molecule has 1 aliphatic heterocycles. The van der Waals surface area contributed by atoms with Gasteiger partial charge in [0.2, 0.25) is 0 Å².